The molecular weight excluding hydrogens is 383 g/mol. The van der Waals surface area contributed by atoms with Crippen molar-refractivity contribution in [3.63, 3.8) is 0 Å². The van der Waals surface area contributed by atoms with Gasteiger partial charge in [0.1, 0.15) is 0 Å². The molecule has 22 heavy (non-hydrogen) atoms. The molecule has 0 aliphatic carbocycles. The summed E-state index contributed by atoms with van der Waals surface area (Å²) < 4.78 is 0. The van der Waals surface area contributed by atoms with Crippen molar-refractivity contribution >= 4 is 24.0 Å². The zero-order valence-corrected chi connectivity index (χ0v) is 16.1. The molecule has 1 fully saturated rings. The fourth-order valence-corrected chi connectivity index (χ4v) is 3.53. The molecule has 2 aromatic rings. The molecule has 0 bridgehead atoms. The summed E-state index contributed by atoms with van der Waals surface area (Å²) >= 11 is 0. The van der Waals surface area contributed by atoms with Crippen LogP contribution < -0.4 is 0 Å². The highest BCUT2D eigenvalue weighted by atomic mass is 127. The van der Waals surface area contributed by atoms with Gasteiger partial charge in [-0.15, -0.1) is 24.0 Å². The Kier molecular flexibility index (Phi) is 5.64. The number of hydrogen-bond acceptors (Lipinski definition) is 2. The Bertz CT molecular complexity index is 585. The van der Waals surface area contributed by atoms with Crippen LogP contribution in [-0.4, -0.2) is 24.1 Å². The van der Waals surface area contributed by atoms with Gasteiger partial charge in [0.05, 0.1) is 12.1 Å². The molecular formula is C19H25IN2. The molecule has 0 amide bonds. The van der Waals surface area contributed by atoms with Crippen molar-refractivity contribution in [2.45, 2.75) is 32.4 Å². The van der Waals surface area contributed by atoms with Crippen LogP contribution in [0.3, 0.4) is 0 Å². The fraction of sp³-hybridized carbons (Fsp3) is 0.368. The van der Waals surface area contributed by atoms with Crippen LogP contribution in [0.25, 0.3) is 0 Å². The molecule has 2 atom stereocenters. The lowest BCUT2D eigenvalue weighted by atomic mass is 9.93. The molecule has 0 spiro atoms. The van der Waals surface area contributed by atoms with E-state index < -0.39 is 0 Å². The first-order valence-corrected chi connectivity index (χ1v) is 7.66. The van der Waals surface area contributed by atoms with Gasteiger partial charge >= 0.3 is 0 Å². The molecule has 1 heterocycles. The van der Waals surface area contributed by atoms with Gasteiger partial charge in [0, 0.05) is 14.1 Å². The van der Waals surface area contributed by atoms with Gasteiger partial charge in [-0.05, 0) is 42.5 Å². The standard InChI is InChI=1S/C19H24N2.HI/c1-14-9-5-7-11-16(14)18-13-19(21(4)20(18)3)17-12-8-6-10-15(17)2;/h5-12,18-19H,13H2,1-4H3;1H. The van der Waals surface area contributed by atoms with Gasteiger partial charge in [-0.1, -0.05) is 48.5 Å². The van der Waals surface area contributed by atoms with E-state index >= 15 is 0 Å². The highest BCUT2D eigenvalue weighted by molar-refractivity contribution is 14.0. The van der Waals surface area contributed by atoms with E-state index in [1.165, 1.54) is 22.3 Å². The third kappa shape index (κ3) is 3.07. The number of halogens is 1. The zero-order chi connectivity index (χ0) is 15.0. The largest absolute Gasteiger partial charge is 0.237 e. The summed E-state index contributed by atoms with van der Waals surface area (Å²) in [5.74, 6) is 0. The van der Waals surface area contributed by atoms with E-state index in [-0.39, 0.29) is 24.0 Å². The van der Waals surface area contributed by atoms with Gasteiger partial charge < -0.3 is 0 Å². The van der Waals surface area contributed by atoms with E-state index in [9.17, 15) is 0 Å². The smallest absolute Gasteiger partial charge is 0.0513 e. The van der Waals surface area contributed by atoms with Gasteiger partial charge in [-0.2, -0.15) is 0 Å². The van der Waals surface area contributed by atoms with Crippen molar-refractivity contribution in [1.29, 1.82) is 0 Å². The Hall–Kier alpha value is -0.910. The first-order chi connectivity index (χ1) is 10.1. The maximum atomic E-state index is 2.39. The summed E-state index contributed by atoms with van der Waals surface area (Å²) in [6.45, 7) is 4.43. The number of benzene rings is 2. The molecule has 0 N–H and O–H groups in total. The van der Waals surface area contributed by atoms with Crippen molar-refractivity contribution in [3.05, 3.63) is 70.8 Å². The van der Waals surface area contributed by atoms with Crippen molar-refractivity contribution in [1.82, 2.24) is 10.0 Å². The topological polar surface area (TPSA) is 6.48 Å². The average molecular weight is 408 g/mol. The van der Waals surface area contributed by atoms with Crippen LogP contribution in [0.4, 0.5) is 0 Å². The lowest BCUT2D eigenvalue weighted by Crippen LogP contribution is -2.32. The molecule has 1 aliphatic heterocycles. The van der Waals surface area contributed by atoms with Gasteiger partial charge in [0.15, 0.2) is 0 Å². The van der Waals surface area contributed by atoms with Crippen LogP contribution in [0.2, 0.25) is 0 Å². The summed E-state index contributed by atoms with van der Waals surface area (Å²) in [6.07, 6.45) is 1.14. The van der Waals surface area contributed by atoms with E-state index in [0.29, 0.717) is 12.1 Å². The van der Waals surface area contributed by atoms with Crippen molar-refractivity contribution in [3.8, 4) is 0 Å². The molecule has 2 unspecified atom stereocenters. The van der Waals surface area contributed by atoms with Crippen LogP contribution in [0.15, 0.2) is 48.5 Å². The Morgan fingerprint density at radius 3 is 1.45 bits per heavy atom. The first-order valence-electron chi connectivity index (χ1n) is 7.66. The Morgan fingerprint density at radius 2 is 1.09 bits per heavy atom. The number of aryl methyl sites for hydroxylation is 2. The molecule has 1 saturated heterocycles. The normalized spacial score (nSPS) is 22.5. The molecule has 118 valence electrons. The van der Waals surface area contributed by atoms with E-state index in [1.807, 2.05) is 0 Å². The summed E-state index contributed by atoms with van der Waals surface area (Å²) in [5.41, 5.74) is 5.66. The van der Waals surface area contributed by atoms with Gasteiger partial charge in [0.25, 0.3) is 0 Å². The third-order valence-corrected chi connectivity index (χ3v) is 4.94. The van der Waals surface area contributed by atoms with E-state index in [1.54, 1.807) is 0 Å². The summed E-state index contributed by atoms with van der Waals surface area (Å²) in [5, 5.41) is 4.78. The third-order valence-electron chi connectivity index (χ3n) is 4.94. The quantitative estimate of drug-likeness (QED) is 0.654. The van der Waals surface area contributed by atoms with E-state index in [0.717, 1.165) is 6.42 Å². The van der Waals surface area contributed by atoms with Crippen LogP contribution in [-0.2, 0) is 0 Å². The number of hydrogen-bond donors (Lipinski definition) is 0. The van der Waals surface area contributed by atoms with Crippen LogP contribution in [0, 0.1) is 13.8 Å². The molecule has 1 aliphatic rings. The predicted octanol–water partition coefficient (Wildman–Crippen LogP) is 4.89. The van der Waals surface area contributed by atoms with E-state index in [4.69, 9.17) is 0 Å². The Labute approximate surface area is 151 Å². The molecule has 3 rings (SSSR count). The minimum Gasteiger partial charge on any atom is -0.237 e. The predicted molar refractivity (Wildman–Crippen MR) is 103 cm³/mol. The second-order valence-electron chi connectivity index (χ2n) is 6.13. The number of rotatable bonds is 2. The lowest BCUT2D eigenvalue weighted by Gasteiger charge is -2.29. The van der Waals surface area contributed by atoms with Gasteiger partial charge in [0.2, 0.25) is 0 Å². The SMILES string of the molecule is Cc1ccccc1C1CC(c2ccccc2C)N(C)N1C.I. The number of hydrazine groups is 1. The Morgan fingerprint density at radius 1 is 0.727 bits per heavy atom. The minimum absolute atomic E-state index is 0. The maximum Gasteiger partial charge on any atom is 0.0513 e. The van der Waals surface area contributed by atoms with Crippen molar-refractivity contribution < 1.29 is 0 Å². The molecule has 0 saturated carbocycles. The molecule has 3 heteroatoms. The average Bonchev–Trinajstić information content (AvgIpc) is 2.77. The summed E-state index contributed by atoms with van der Waals surface area (Å²) in [4.78, 5) is 0. The maximum absolute atomic E-state index is 2.39. The van der Waals surface area contributed by atoms with Crippen molar-refractivity contribution in [2.75, 3.05) is 14.1 Å². The van der Waals surface area contributed by atoms with Crippen LogP contribution in [0.1, 0.15) is 40.8 Å². The highest BCUT2D eigenvalue weighted by Gasteiger charge is 2.37. The highest BCUT2D eigenvalue weighted by Crippen LogP contribution is 2.43. The second-order valence-corrected chi connectivity index (χ2v) is 6.13. The summed E-state index contributed by atoms with van der Waals surface area (Å²) in [6, 6.07) is 18.4. The molecule has 0 aromatic heterocycles. The van der Waals surface area contributed by atoms with Crippen LogP contribution >= 0.6 is 24.0 Å². The van der Waals surface area contributed by atoms with Gasteiger partial charge in [-0.25, -0.2) is 10.0 Å². The minimum atomic E-state index is 0. The molecule has 2 aromatic carbocycles. The molecule has 0 radical (unpaired) electrons. The van der Waals surface area contributed by atoms with Gasteiger partial charge in [-0.3, -0.25) is 0 Å². The zero-order valence-electron chi connectivity index (χ0n) is 13.8. The van der Waals surface area contributed by atoms with E-state index in [2.05, 4.69) is 86.5 Å². The van der Waals surface area contributed by atoms with Crippen LogP contribution in [0.5, 0.6) is 0 Å². The lowest BCUT2D eigenvalue weighted by molar-refractivity contribution is 0.0249. The molecule has 2 nitrogen and oxygen atoms in total. The number of nitrogens with zero attached hydrogens (tertiary/aromatic N) is 2. The first kappa shape index (κ1) is 17.4. The Balaban J connectivity index is 0.00000176. The second kappa shape index (κ2) is 7.11. The monoisotopic (exact) mass is 408 g/mol. The fourth-order valence-electron chi connectivity index (χ4n) is 3.53. The van der Waals surface area contributed by atoms with Crippen molar-refractivity contribution in [2.24, 2.45) is 0 Å². The summed E-state index contributed by atoms with van der Waals surface area (Å²) in [7, 11) is 4.41.